The molecule has 0 unspecified atom stereocenters. The van der Waals surface area contributed by atoms with Crippen LogP contribution in [0.5, 0.6) is 0 Å². The van der Waals surface area contributed by atoms with Crippen LogP contribution in [0.3, 0.4) is 0 Å². The average Bonchev–Trinajstić information content (AvgIpc) is 2.76. The second kappa shape index (κ2) is 8.70. The molecule has 106 valence electrons. The first-order valence-corrected chi connectivity index (χ1v) is 8.08. The molecule has 2 rings (SSSR count). The third-order valence-electron chi connectivity index (χ3n) is 3.07. The summed E-state index contributed by atoms with van der Waals surface area (Å²) >= 11 is 0. The Kier molecular flexibility index (Phi) is 9.32. The summed E-state index contributed by atoms with van der Waals surface area (Å²) in [6, 6.07) is 0. The minimum absolute atomic E-state index is 0. The first kappa shape index (κ1) is 20.3. The van der Waals surface area contributed by atoms with Gasteiger partial charge in [0.1, 0.15) is 0 Å². The van der Waals surface area contributed by atoms with Gasteiger partial charge in [-0.05, 0) is 56.0 Å². The van der Waals surface area contributed by atoms with Crippen LogP contribution in [0.2, 0.25) is 0 Å². The smallest absolute Gasteiger partial charge is 0.0705 e. The standard InChI is InChI=1S/C9H14OP.C6H8P.Fe/c1-6-5-11-8(7(6)2)9(3,4)10;1-5-3-7-4-6(5)2;/h5,10H,1-4H3;3-4H,1-2H3;. The molecule has 4 heteroatoms. The summed E-state index contributed by atoms with van der Waals surface area (Å²) in [5.74, 6) is 5.41. The first-order valence-electron chi connectivity index (χ1n) is 6.09. The predicted molar refractivity (Wildman–Crippen MR) is 81.9 cm³/mol. The van der Waals surface area contributed by atoms with Gasteiger partial charge in [-0.3, -0.25) is 0 Å². The van der Waals surface area contributed by atoms with Crippen molar-refractivity contribution in [3.63, 3.8) is 0 Å². The van der Waals surface area contributed by atoms with E-state index in [-0.39, 0.29) is 17.1 Å². The van der Waals surface area contributed by atoms with Crippen LogP contribution >= 0.6 is 17.2 Å². The predicted octanol–water partition coefficient (Wildman–Crippen LogP) is 5.06. The van der Waals surface area contributed by atoms with Gasteiger partial charge in [0.15, 0.2) is 0 Å². The van der Waals surface area contributed by atoms with Crippen LogP contribution < -0.4 is 0 Å². The second-order valence-electron chi connectivity index (χ2n) is 5.25. The van der Waals surface area contributed by atoms with Gasteiger partial charge >= 0.3 is 0 Å². The van der Waals surface area contributed by atoms with Crippen LogP contribution in [0, 0.1) is 47.8 Å². The summed E-state index contributed by atoms with van der Waals surface area (Å²) < 4.78 is 0. The van der Waals surface area contributed by atoms with Crippen molar-refractivity contribution in [3.8, 4) is 0 Å². The van der Waals surface area contributed by atoms with Crippen LogP contribution in [0.15, 0.2) is 0 Å². The summed E-state index contributed by atoms with van der Waals surface area (Å²) in [5, 5.41) is 9.71. The van der Waals surface area contributed by atoms with Gasteiger partial charge in [0.05, 0.1) is 5.60 Å². The maximum atomic E-state index is 9.71. The van der Waals surface area contributed by atoms with E-state index in [9.17, 15) is 5.11 Å². The average molecular weight is 336 g/mol. The third-order valence-corrected chi connectivity index (χ3v) is 5.80. The fourth-order valence-corrected chi connectivity index (χ4v) is 3.75. The van der Waals surface area contributed by atoms with E-state index >= 15 is 0 Å². The Morgan fingerprint density at radius 1 is 0.895 bits per heavy atom. The van der Waals surface area contributed by atoms with E-state index in [2.05, 4.69) is 46.2 Å². The summed E-state index contributed by atoms with van der Waals surface area (Å²) in [6.07, 6.45) is 6.58. The van der Waals surface area contributed by atoms with Crippen molar-refractivity contribution < 1.29 is 22.2 Å². The van der Waals surface area contributed by atoms with Crippen molar-refractivity contribution in [1.82, 2.24) is 0 Å². The minimum atomic E-state index is -0.653. The zero-order valence-electron chi connectivity index (χ0n) is 12.4. The maximum absolute atomic E-state index is 9.71. The Morgan fingerprint density at radius 3 is 1.53 bits per heavy atom. The number of aliphatic hydroxyl groups is 1. The van der Waals surface area contributed by atoms with Gasteiger partial charge in [-0.2, -0.15) is 0 Å². The fourth-order valence-electron chi connectivity index (χ4n) is 1.62. The van der Waals surface area contributed by atoms with Crippen molar-refractivity contribution in [2.45, 2.75) is 47.1 Å². The van der Waals surface area contributed by atoms with Crippen LogP contribution in [0.4, 0.5) is 0 Å². The van der Waals surface area contributed by atoms with E-state index in [4.69, 9.17) is 0 Å². The zero-order chi connectivity index (χ0) is 13.9. The Bertz CT molecular complexity index is 247. The molecule has 2 fully saturated rings. The largest absolute Gasteiger partial charge is 0.389 e. The van der Waals surface area contributed by atoms with Crippen molar-refractivity contribution >= 4 is 17.2 Å². The second-order valence-corrected chi connectivity index (χ2v) is 7.03. The van der Waals surface area contributed by atoms with Crippen LogP contribution in [-0.2, 0) is 17.1 Å². The van der Waals surface area contributed by atoms with E-state index in [1.807, 2.05) is 13.8 Å². The van der Waals surface area contributed by atoms with E-state index in [1.54, 1.807) is 0 Å². The topological polar surface area (TPSA) is 20.2 Å². The first-order chi connectivity index (χ1) is 8.23. The molecule has 0 aromatic heterocycles. The minimum Gasteiger partial charge on any atom is -0.389 e. The number of rotatable bonds is 1. The Balaban J connectivity index is 0.000000352. The van der Waals surface area contributed by atoms with Crippen molar-refractivity contribution in [3.05, 3.63) is 47.8 Å². The van der Waals surface area contributed by atoms with Gasteiger partial charge in [0, 0.05) is 22.7 Å². The van der Waals surface area contributed by atoms with Crippen LogP contribution in [-0.4, -0.2) is 10.7 Å². The molecule has 19 heavy (non-hydrogen) atoms. The molecule has 0 spiro atoms. The van der Waals surface area contributed by atoms with Gasteiger partial charge in [-0.1, -0.05) is 44.9 Å². The molecule has 0 aromatic carbocycles. The number of hydrogen-bond acceptors (Lipinski definition) is 1. The van der Waals surface area contributed by atoms with E-state index in [1.165, 1.54) is 32.3 Å². The van der Waals surface area contributed by atoms with Crippen molar-refractivity contribution in [2.75, 3.05) is 0 Å². The van der Waals surface area contributed by atoms with Gasteiger partial charge < -0.3 is 5.11 Å². The van der Waals surface area contributed by atoms with Crippen molar-refractivity contribution in [2.24, 2.45) is 0 Å². The Hall–Kier alpha value is 1.34. The van der Waals surface area contributed by atoms with Gasteiger partial charge in [0.2, 0.25) is 0 Å². The summed E-state index contributed by atoms with van der Waals surface area (Å²) in [6.45, 7) is 12.1. The molecule has 2 aliphatic rings. The monoisotopic (exact) mass is 336 g/mol. The molecule has 0 atom stereocenters. The molecule has 2 aliphatic heterocycles. The molecule has 0 aliphatic carbocycles. The maximum Gasteiger partial charge on any atom is 0.0705 e. The molecule has 2 saturated heterocycles. The Morgan fingerprint density at radius 2 is 1.37 bits per heavy atom. The molecule has 1 nitrogen and oxygen atoms in total. The fraction of sp³-hybridized carbons (Fsp3) is 0.467. The van der Waals surface area contributed by atoms with E-state index in [0.717, 1.165) is 14.2 Å². The van der Waals surface area contributed by atoms with E-state index in [0.29, 0.717) is 0 Å². The summed E-state index contributed by atoms with van der Waals surface area (Å²) in [5.41, 5.74) is 0.481. The summed E-state index contributed by atoms with van der Waals surface area (Å²) in [4.78, 5) is 0. The quantitative estimate of drug-likeness (QED) is 0.524. The number of hydrogen-bond donors (Lipinski definition) is 1. The normalized spacial score (nSPS) is 25.4. The molecule has 0 bridgehead atoms. The molecule has 10 radical (unpaired) electrons. The molecule has 0 aromatic rings. The van der Waals surface area contributed by atoms with Crippen molar-refractivity contribution in [1.29, 1.82) is 0 Å². The molecule has 0 amide bonds. The van der Waals surface area contributed by atoms with Gasteiger partial charge in [-0.25, -0.2) is 0 Å². The van der Waals surface area contributed by atoms with Gasteiger partial charge in [0.25, 0.3) is 0 Å². The van der Waals surface area contributed by atoms with Crippen LogP contribution in [0.1, 0.15) is 41.5 Å². The molecule has 2 heterocycles. The molecular formula is C15H22FeOP2. The van der Waals surface area contributed by atoms with E-state index < -0.39 is 5.60 Å². The third kappa shape index (κ3) is 6.32. The Labute approximate surface area is 134 Å². The zero-order valence-corrected chi connectivity index (χ0v) is 15.3. The molecule has 0 saturated carbocycles. The SMILES string of the molecule is C[C]1[CH][P][CH][C]1C.C[C]1[CH][P][C](C(C)(C)O)[C]1C.[Fe]. The molecule has 1 N–H and O–H groups in total. The molecular weight excluding hydrogens is 314 g/mol. The van der Waals surface area contributed by atoms with Gasteiger partial charge in [-0.15, -0.1) is 0 Å². The summed E-state index contributed by atoms with van der Waals surface area (Å²) in [7, 11) is 2.51. The van der Waals surface area contributed by atoms with Crippen LogP contribution in [0.25, 0.3) is 0 Å².